The SMILES string of the molecule is Brc1ccccc1[O][Zr][O]c1ccccc1Br. The van der Waals surface area contributed by atoms with Gasteiger partial charge in [0.05, 0.1) is 0 Å². The Morgan fingerprint density at radius 1 is 0.706 bits per heavy atom. The average molecular weight is 435 g/mol. The summed E-state index contributed by atoms with van der Waals surface area (Å²) in [4.78, 5) is 0. The summed E-state index contributed by atoms with van der Waals surface area (Å²) >= 11 is 5.50. The molecule has 0 aliphatic heterocycles. The van der Waals surface area contributed by atoms with E-state index < -0.39 is 24.1 Å². The van der Waals surface area contributed by atoms with Gasteiger partial charge >= 0.3 is 131 Å². The predicted molar refractivity (Wildman–Crippen MR) is 69.5 cm³/mol. The van der Waals surface area contributed by atoms with Crippen LogP contribution in [-0.2, 0) is 24.1 Å². The van der Waals surface area contributed by atoms with Gasteiger partial charge in [-0.05, 0) is 0 Å². The first-order chi connectivity index (χ1) is 8.27. The molecule has 0 saturated heterocycles. The Hall–Kier alpha value is -0.117. The minimum atomic E-state index is -1.37. The Morgan fingerprint density at radius 2 is 1.12 bits per heavy atom. The molecule has 0 aromatic heterocycles. The average Bonchev–Trinajstić information content (AvgIpc) is 2.34. The van der Waals surface area contributed by atoms with Gasteiger partial charge in [0.1, 0.15) is 0 Å². The second-order valence-electron chi connectivity index (χ2n) is 3.15. The van der Waals surface area contributed by atoms with Crippen LogP contribution in [0.2, 0.25) is 0 Å². The second kappa shape index (κ2) is 6.72. The van der Waals surface area contributed by atoms with E-state index in [-0.39, 0.29) is 0 Å². The molecule has 2 aromatic carbocycles. The van der Waals surface area contributed by atoms with E-state index in [4.69, 9.17) is 5.63 Å². The fourth-order valence-corrected chi connectivity index (χ4v) is 4.05. The zero-order chi connectivity index (χ0) is 12.1. The molecule has 0 heterocycles. The van der Waals surface area contributed by atoms with E-state index in [1.807, 2.05) is 48.5 Å². The standard InChI is InChI=1S/2C6H5BrO.Zr/c2*7-5-3-1-2-4-6(5)8;/h2*1-4,8H;/q;;+2/p-2. The Morgan fingerprint density at radius 3 is 1.53 bits per heavy atom. The van der Waals surface area contributed by atoms with Crippen molar-refractivity contribution in [2.75, 3.05) is 0 Å². The molecule has 0 N–H and O–H groups in total. The van der Waals surface area contributed by atoms with Crippen LogP contribution in [0.25, 0.3) is 0 Å². The molecule has 2 nitrogen and oxygen atoms in total. The number of benzene rings is 2. The molecule has 0 bridgehead atoms. The van der Waals surface area contributed by atoms with Gasteiger partial charge < -0.3 is 0 Å². The van der Waals surface area contributed by atoms with Crippen LogP contribution in [0.5, 0.6) is 11.5 Å². The first-order valence-corrected chi connectivity index (χ1v) is 8.44. The molecular weight excluding hydrogens is 427 g/mol. The summed E-state index contributed by atoms with van der Waals surface area (Å²) in [5.41, 5.74) is 0. The first-order valence-electron chi connectivity index (χ1n) is 4.85. The summed E-state index contributed by atoms with van der Waals surface area (Å²) in [7, 11) is 0. The Balaban J connectivity index is 1.93. The normalized spacial score (nSPS) is 9.76. The quantitative estimate of drug-likeness (QED) is 0.700. The number of hydrogen-bond acceptors (Lipinski definition) is 2. The molecular formula is C12H8Br2O2Zr. The third kappa shape index (κ3) is 3.94. The number of para-hydroxylation sites is 2. The molecule has 2 aromatic rings. The molecule has 0 radical (unpaired) electrons. The molecule has 0 saturated carbocycles. The fourth-order valence-electron chi connectivity index (χ4n) is 1.17. The topological polar surface area (TPSA) is 18.5 Å². The van der Waals surface area contributed by atoms with Gasteiger partial charge in [-0.1, -0.05) is 0 Å². The van der Waals surface area contributed by atoms with Crippen molar-refractivity contribution in [2.45, 2.75) is 0 Å². The van der Waals surface area contributed by atoms with Crippen LogP contribution in [0, 0.1) is 0 Å². The van der Waals surface area contributed by atoms with Crippen molar-refractivity contribution in [2.24, 2.45) is 0 Å². The molecule has 0 amide bonds. The van der Waals surface area contributed by atoms with Crippen molar-refractivity contribution in [1.82, 2.24) is 0 Å². The van der Waals surface area contributed by atoms with Crippen molar-refractivity contribution in [1.29, 1.82) is 0 Å². The van der Waals surface area contributed by atoms with E-state index in [9.17, 15) is 0 Å². The molecule has 0 spiro atoms. The van der Waals surface area contributed by atoms with Gasteiger partial charge in [0, 0.05) is 0 Å². The van der Waals surface area contributed by atoms with E-state index in [0.717, 1.165) is 20.4 Å². The second-order valence-corrected chi connectivity index (χ2v) is 6.27. The summed E-state index contributed by atoms with van der Waals surface area (Å²) in [6.07, 6.45) is 0. The van der Waals surface area contributed by atoms with Crippen molar-refractivity contribution in [3.8, 4) is 11.5 Å². The molecule has 17 heavy (non-hydrogen) atoms. The Labute approximate surface area is 129 Å². The van der Waals surface area contributed by atoms with Crippen LogP contribution >= 0.6 is 31.9 Å². The van der Waals surface area contributed by atoms with Crippen LogP contribution in [0.3, 0.4) is 0 Å². The molecule has 0 aliphatic rings. The van der Waals surface area contributed by atoms with Gasteiger partial charge in [-0.3, -0.25) is 0 Å². The minimum absolute atomic E-state index is 0.839. The van der Waals surface area contributed by atoms with Gasteiger partial charge in [0.15, 0.2) is 0 Å². The van der Waals surface area contributed by atoms with Crippen molar-refractivity contribution >= 4 is 31.9 Å². The van der Waals surface area contributed by atoms with Crippen LogP contribution in [0.4, 0.5) is 0 Å². The third-order valence-corrected chi connectivity index (χ3v) is 4.78. The number of halogens is 2. The van der Waals surface area contributed by atoms with E-state index in [1.165, 1.54) is 0 Å². The first kappa shape index (κ1) is 13.3. The molecule has 0 atom stereocenters. The summed E-state index contributed by atoms with van der Waals surface area (Å²) < 4.78 is 13.3. The van der Waals surface area contributed by atoms with E-state index >= 15 is 0 Å². The van der Waals surface area contributed by atoms with Gasteiger partial charge in [-0.25, -0.2) is 0 Å². The molecule has 2 rings (SSSR count). The van der Waals surface area contributed by atoms with Crippen LogP contribution in [0.15, 0.2) is 57.5 Å². The number of rotatable bonds is 4. The summed E-state index contributed by atoms with van der Waals surface area (Å²) in [6, 6.07) is 15.5. The predicted octanol–water partition coefficient (Wildman–Crippen LogP) is 4.58. The van der Waals surface area contributed by atoms with Crippen LogP contribution in [0.1, 0.15) is 0 Å². The fraction of sp³-hybridized carbons (Fsp3) is 0. The Bertz CT molecular complexity index is 460. The monoisotopic (exact) mass is 432 g/mol. The maximum absolute atomic E-state index is 5.68. The molecule has 0 aliphatic carbocycles. The van der Waals surface area contributed by atoms with Gasteiger partial charge in [0.2, 0.25) is 0 Å². The van der Waals surface area contributed by atoms with Gasteiger partial charge in [-0.15, -0.1) is 0 Å². The van der Waals surface area contributed by atoms with Gasteiger partial charge in [-0.2, -0.15) is 0 Å². The summed E-state index contributed by atoms with van der Waals surface area (Å²) in [6.45, 7) is 0. The molecule has 0 fully saturated rings. The Kier molecular flexibility index (Phi) is 5.26. The van der Waals surface area contributed by atoms with Crippen LogP contribution in [-0.4, -0.2) is 0 Å². The van der Waals surface area contributed by atoms with Crippen molar-refractivity contribution in [3.63, 3.8) is 0 Å². The summed E-state index contributed by atoms with van der Waals surface area (Å²) in [5.74, 6) is 1.68. The van der Waals surface area contributed by atoms with Crippen LogP contribution < -0.4 is 5.63 Å². The van der Waals surface area contributed by atoms with Crippen molar-refractivity contribution in [3.05, 3.63) is 57.5 Å². The third-order valence-electron chi connectivity index (χ3n) is 1.98. The van der Waals surface area contributed by atoms with E-state index in [2.05, 4.69) is 31.9 Å². The van der Waals surface area contributed by atoms with Crippen molar-refractivity contribution < 1.29 is 29.7 Å². The van der Waals surface area contributed by atoms with Gasteiger partial charge in [0.25, 0.3) is 0 Å². The van der Waals surface area contributed by atoms with E-state index in [1.54, 1.807) is 0 Å². The number of hydrogen-bond donors (Lipinski definition) is 0. The molecule has 0 unspecified atom stereocenters. The van der Waals surface area contributed by atoms with E-state index in [0.29, 0.717) is 0 Å². The maximum atomic E-state index is 5.68. The molecule has 86 valence electrons. The zero-order valence-electron chi connectivity index (χ0n) is 8.69. The summed E-state index contributed by atoms with van der Waals surface area (Å²) in [5, 5.41) is 0. The zero-order valence-corrected chi connectivity index (χ0v) is 14.3. The molecule has 5 heteroatoms.